The van der Waals surface area contributed by atoms with E-state index in [0.717, 1.165) is 25.9 Å². The van der Waals surface area contributed by atoms with E-state index in [0.29, 0.717) is 12.0 Å². The highest BCUT2D eigenvalue weighted by Crippen LogP contribution is 2.39. The fourth-order valence-electron chi connectivity index (χ4n) is 3.56. The standard InChI is InChI=1S/C17H21NO2/c1-20-17(19)10-14-7-15-9-16(8-14)18(12-15)11-13-5-3-2-4-6-13/h2-6,10,15-16H,7-9,11-12H2,1H3/b14-10-. The highest BCUT2D eigenvalue weighted by Gasteiger charge is 2.37. The van der Waals surface area contributed by atoms with Crippen LogP contribution in [-0.4, -0.2) is 30.6 Å². The summed E-state index contributed by atoms with van der Waals surface area (Å²) in [5.74, 6) is 0.490. The van der Waals surface area contributed by atoms with Crippen LogP contribution in [0.15, 0.2) is 42.0 Å². The quantitative estimate of drug-likeness (QED) is 0.625. The maximum atomic E-state index is 11.4. The molecule has 3 nitrogen and oxygen atoms in total. The smallest absolute Gasteiger partial charge is 0.330 e. The molecule has 2 atom stereocenters. The van der Waals surface area contributed by atoms with E-state index in [1.54, 1.807) is 6.08 Å². The Morgan fingerprint density at radius 3 is 2.90 bits per heavy atom. The molecule has 2 aliphatic rings. The summed E-state index contributed by atoms with van der Waals surface area (Å²) in [6.45, 7) is 2.17. The van der Waals surface area contributed by atoms with Crippen LogP contribution in [0.3, 0.4) is 0 Å². The Labute approximate surface area is 120 Å². The first kappa shape index (κ1) is 13.4. The third-order valence-electron chi connectivity index (χ3n) is 4.41. The summed E-state index contributed by atoms with van der Waals surface area (Å²) < 4.78 is 4.74. The van der Waals surface area contributed by atoms with Crippen LogP contribution < -0.4 is 0 Å². The van der Waals surface area contributed by atoms with Gasteiger partial charge in [-0.25, -0.2) is 4.79 Å². The number of fused-ring (bicyclic) bond motifs is 2. The number of rotatable bonds is 3. The van der Waals surface area contributed by atoms with Crippen LogP contribution in [-0.2, 0) is 16.1 Å². The molecule has 2 fully saturated rings. The van der Waals surface area contributed by atoms with E-state index >= 15 is 0 Å². The fourth-order valence-corrected chi connectivity index (χ4v) is 3.56. The Morgan fingerprint density at radius 1 is 1.35 bits per heavy atom. The van der Waals surface area contributed by atoms with E-state index in [2.05, 4.69) is 35.2 Å². The van der Waals surface area contributed by atoms with Crippen LogP contribution in [0.5, 0.6) is 0 Å². The molecule has 3 rings (SSSR count). The second-order valence-electron chi connectivity index (χ2n) is 5.90. The Bertz CT molecular complexity index is 509. The third-order valence-corrected chi connectivity index (χ3v) is 4.41. The zero-order valence-electron chi connectivity index (χ0n) is 11.9. The van der Waals surface area contributed by atoms with Gasteiger partial charge >= 0.3 is 5.97 Å². The van der Waals surface area contributed by atoms with Gasteiger partial charge in [0.15, 0.2) is 0 Å². The van der Waals surface area contributed by atoms with Gasteiger partial charge in [0.1, 0.15) is 0 Å². The number of carbonyl (C=O) groups is 1. The van der Waals surface area contributed by atoms with Crippen molar-refractivity contribution in [3.05, 3.63) is 47.5 Å². The minimum atomic E-state index is -0.212. The zero-order valence-corrected chi connectivity index (χ0v) is 11.9. The van der Waals surface area contributed by atoms with Crippen molar-refractivity contribution >= 4 is 5.97 Å². The predicted molar refractivity (Wildman–Crippen MR) is 78.1 cm³/mol. The largest absolute Gasteiger partial charge is 0.466 e. The Hall–Kier alpha value is -1.61. The van der Waals surface area contributed by atoms with E-state index in [9.17, 15) is 4.79 Å². The maximum Gasteiger partial charge on any atom is 0.330 e. The van der Waals surface area contributed by atoms with Crippen LogP contribution in [0.25, 0.3) is 0 Å². The normalized spacial score (nSPS) is 27.8. The second-order valence-corrected chi connectivity index (χ2v) is 5.90. The Kier molecular flexibility index (Phi) is 3.88. The number of hydrogen-bond acceptors (Lipinski definition) is 3. The molecule has 0 spiro atoms. The summed E-state index contributed by atoms with van der Waals surface area (Å²) in [5, 5.41) is 0. The molecule has 1 aliphatic heterocycles. The third kappa shape index (κ3) is 2.93. The minimum Gasteiger partial charge on any atom is -0.466 e. The molecule has 0 aromatic heterocycles. The first-order valence-corrected chi connectivity index (χ1v) is 7.30. The molecule has 1 saturated carbocycles. The number of carbonyl (C=O) groups excluding carboxylic acids is 1. The Balaban J connectivity index is 1.67. The molecule has 106 valence electrons. The molecule has 1 aliphatic carbocycles. The van der Waals surface area contributed by atoms with Gasteiger partial charge < -0.3 is 4.74 Å². The lowest BCUT2D eigenvalue weighted by atomic mass is 9.86. The summed E-state index contributed by atoms with van der Waals surface area (Å²) in [4.78, 5) is 13.9. The molecule has 2 unspecified atom stereocenters. The average molecular weight is 271 g/mol. The maximum absolute atomic E-state index is 11.4. The van der Waals surface area contributed by atoms with Gasteiger partial charge in [0, 0.05) is 25.2 Å². The van der Waals surface area contributed by atoms with Crippen molar-refractivity contribution in [3.63, 3.8) is 0 Å². The van der Waals surface area contributed by atoms with Crippen LogP contribution in [0.4, 0.5) is 0 Å². The number of likely N-dealkylation sites (tertiary alicyclic amines) is 1. The van der Waals surface area contributed by atoms with E-state index in [1.165, 1.54) is 24.7 Å². The molecule has 1 aromatic rings. The van der Waals surface area contributed by atoms with E-state index < -0.39 is 0 Å². The van der Waals surface area contributed by atoms with Crippen LogP contribution in [0.1, 0.15) is 24.8 Å². The van der Waals surface area contributed by atoms with Crippen molar-refractivity contribution < 1.29 is 9.53 Å². The summed E-state index contributed by atoms with van der Waals surface area (Å²) in [6, 6.07) is 11.2. The van der Waals surface area contributed by atoms with E-state index in [1.807, 2.05) is 0 Å². The molecule has 2 bridgehead atoms. The van der Waals surface area contributed by atoms with Crippen LogP contribution in [0, 0.1) is 5.92 Å². The monoisotopic (exact) mass is 271 g/mol. The molecule has 0 radical (unpaired) electrons. The number of benzene rings is 1. The molecule has 0 amide bonds. The molecule has 1 heterocycles. The summed E-state index contributed by atoms with van der Waals surface area (Å²) in [6.07, 6.45) is 5.03. The zero-order chi connectivity index (χ0) is 13.9. The number of nitrogens with zero attached hydrogens (tertiary/aromatic N) is 1. The van der Waals surface area contributed by atoms with Gasteiger partial charge in [0.25, 0.3) is 0 Å². The van der Waals surface area contributed by atoms with Crippen molar-refractivity contribution in [2.45, 2.75) is 31.8 Å². The first-order chi connectivity index (χ1) is 9.74. The highest BCUT2D eigenvalue weighted by atomic mass is 16.5. The second kappa shape index (κ2) is 5.80. The number of methoxy groups -OCH3 is 1. The predicted octanol–water partition coefficient (Wildman–Crippen LogP) is 2.77. The van der Waals surface area contributed by atoms with Gasteiger partial charge in [-0.3, -0.25) is 4.90 Å². The summed E-state index contributed by atoms with van der Waals surface area (Å²) >= 11 is 0. The molecule has 1 aromatic carbocycles. The van der Waals surface area contributed by atoms with Gasteiger partial charge in [-0.05, 0) is 30.7 Å². The lowest BCUT2D eigenvalue weighted by molar-refractivity contribution is -0.134. The van der Waals surface area contributed by atoms with Crippen molar-refractivity contribution in [3.8, 4) is 0 Å². The van der Waals surface area contributed by atoms with E-state index in [4.69, 9.17) is 4.74 Å². The topological polar surface area (TPSA) is 29.5 Å². The lowest BCUT2D eigenvalue weighted by Gasteiger charge is -2.25. The Morgan fingerprint density at radius 2 is 2.15 bits per heavy atom. The summed E-state index contributed by atoms with van der Waals surface area (Å²) in [5.41, 5.74) is 2.63. The molecular weight excluding hydrogens is 250 g/mol. The van der Waals surface area contributed by atoms with Gasteiger partial charge in [0.2, 0.25) is 0 Å². The van der Waals surface area contributed by atoms with Crippen molar-refractivity contribution in [1.29, 1.82) is 0 Å². The summed E-state index contributed by atoms with van der Waals surface area (Å²) in [7, 11) is 1.44. The number of hydrogen-bond donors (Lipinski definition) is 0. The highest BCUT2D eigenvalue weighted by molar-refractivity contribution is 5.82. The molecule has 3 heteroatoms. The number of ether oxygens (including phenoxy) is 1. The first-order valence-electron chi connectivity index (χ1n) is 7.30. The van der Waals surface area contributed by atoms with Crippen LogP contribution in [0.2, 0.25) is 0 Å². The van der Waals surface area contributed by atoms with E-state index in [-0.39, 0.29) is 5.97 Å². The van der Waals surface area contributed by atoms with Crippen molar-refractivity contribution in [1.82, 2.24) is 4.90 Å². The fraction of sp³-hybridized carbons (Fsp3) is 0.471. The van der Waals surface area contributed by atoms with Gasteiger partial charge in [-0.2, -0.15) is 0 Å². The van der Waals surface area contributed by atoms with Crippen LogP contribution >= 0.6 is 0 Å². The molecule has 20 heavy (non-hydrogen) atoms. The SMILES string of the molecule is COC(=O)/C=C1/CC2CC(C1)N(Cc1ccccc1)C2. The molecule has 1 saturated heterocycles. The molecular formula is C17H21NO2. The van der Waals surface area contributed by atoms with Gasteiger partial charge in [-0.1, -0.05) is 35.9 Å². The molecule has 0 N–H and O–H groups in total. The van der Waals surface area contributed by atoms with Crippen molar-refractivity contribution in [2.24, 2.45) is 5.92 Å². The number of esters is 1. The van der Waals surface area contributed by atoms with Gasteiger partial charge in [0.05, 0.1) is 7.11 Å². The lowest BCUT2D eigenvalue weighted by Crippen LogP contribution is -2.28. The van der Waals surface area contributed by atoms with Crippen molar-refractivity contribution in [2.75, 3.05) is 13.7 Å². The average Bonchev–Trinajstić information content (AvgIpc) is 2.74. The van der Waals surface area contributed by atoms with Gasteiger partial charge in [-0.15, -0.1) is 0 Å². The minimum absolute atomic E-state index is 0.212.